The van der Waals surface area contributed by atoms with Gasteiger partial charge in [0, 0.05) is 23.8 Å². The van der Waals surface area contributed by atoms with Gasteiger partial charge in [-0.3, -0.25) is 24.1 Å². The number of aryl methyl sites for hydroxylation is 1. The number of nitrogens with one attached hydrogen (secondary N) is 1. The normalized spacial score (nSPS) is 16.7. The van der Waals surface area contributed by atoms with Gasteiger partial charge < -0.3 is 19.7 Å². The highest BCUT2D eigenvalue weighted by Crippen LogP contribution is 2.34. The Labute approximate surface area is 230 Å². The number of piperidine rings is 1. The maximum absolute atomic E-state index is 12.9. The zero-order valence-corrected chi connectivity index (χ0v) is 22.7. The van der Waals surface area contributed by atoms with E-state index >= 15 is 0 Å². The molecule has 0 radical (unpaired) electrons. The molecule has 2 aromatic carbocycles. The maximum atomic E-state index is 12.9. The molecule has 2 fully saturated rings. The van der Waals surface area contributed by atoms with Gasteiger partial charge in [0.2, 0.25) is 5.91 Å². The summed E-state index contributed by atoms with van der Waals surface area (Å²) in [4.78, 5) is 53.1. The second-order valence-corrected chi connectivity index (χ2v) is 10.3. The van der Waals surface area contributed by atoms with Gasteiger partial charge in [0.25, 0.3) is 17.1 Å². The summed E-state index contributed by atoms with van der Waals surface area (Å²) in [5, 5.41) is 2.80. The minimum Gasteiger partial charge on any atom is -0.493 e. The molecular weight excluding hydrogens is 530 g/mol. The van der Waals surface area contributed by atoms with E-state index in [1.54, 1.807) is 41.3 Å². The molecular formula is C27H28ClN3O6S. The third-order valence-corrected chi connectivity index (χ3v) is 7.49. The Balaban J connectivity index is 1.38. The van der Waals surface area contributed by atoms with E-state index in [9.17, 15) is 19.2 Å². The Morgan fingerprint density at radius 3 is 2.55 bits per heavy atom. The monoisotopic (exact) mass is 557 g/mol. The number of ether oxygens (including phenoxy) is 2. The summed E-state index contributed by atoms with van der Waals surface area (Å²) in [5.74, 6) is -0.404. The Hall–Kier alpha value is -3.50. The van der Waals surface area contributed by atoms with E-state index in [-0.39, 0.29) is 29.9 Å². The second-order valence-electron chi connectivity index (χ2n) is 8.92. The second kappa shape index (κ2) is 12.4. The molecule has 2 heterocycles. The highest BCUT2D eigenvalue weighted by Gasteiger charge is 2.37. The zero-order valence-electron chi connectivity index (χ0n) is 21.1. The summed E-state index contributed by atoms with van der Waals surface area (Å²) in [7, 11) is 1.46. The molecule has 2 aliphatic rings. The van der Waals surface area contributed by atoms with E-state index in [0.29, 0.717) is 40.9 Å². The predicted molar refractivity (Wildman–Crippen MR) is 146 cm³/mol. The third kappa shape index (κ3) is 6.68. The number of rotatable bonds is 8. The molecule has 1 N–H and O–H groups in total. The van der Waals surface area contributed by atoms with Crippen LogP contribution in [0.1, 0.15) is 30.4 Å². The number of carbonyl (C=O) groups excluding carboxylic acids is 4. The van der Waals surface area contributed by atoms with Crippen molar-refractivity contribution in [1.82, 2.24) is 9.80 Å². The van der Waals surface area contributed by atoms with Crippen molar-refractivity contribution < 1.29 is 28.7 Å². The summed E-state index contributed by atoms with van der Waals surface area (Å²) in [6.45, 7) is 2.66. The summed E-state index contributed by atoms with van der Waals surface area (Å²) in [6, 6.07) is 10.2. The van der Waals surface area contributed by atoms with Gasteiger partial charge in [-0.1, -0.05) is 23.7 Å². The molecule has 2 saturated heterocycles. The molecule has 0 bridgehead atoms. The van der Waals surface area contributed by atoms with Crippen molar-refractivity contribution in [2.45, 2.75) is 26.2 Å². The van der Waals surface area contributed by atoms with Gasteiger partial charge in [-0.25, -0.2) is 0 Å². The van der Waals surface area contributed by atoms with Crippen molar-refractivity contribution in [3.8, 4) is 11.5 Å². The molecule has 0 aliphatic carbocycles. The van der Waals surface area contributed by atoms with Crippen molar-refractivity contribution in [2.24, 2.45) is 0 Å². The van der Waals surface area contributed by atoms with Gasteiger partial charge in [0.05, 0.1) is 12.0 Å². The average Bonchev–Trinajstić information content (AvgIpc) is 3.17. The van der Waals surface area contributed by atoms with Crippen LogP contribution in [0.5, 0.6) is 11.5 Å². The van der Waals surface area contributed by atoms with Crippen molar-refractivity contribution in [3.63, 3.8) is 0 Å². The molecule has 11 heteroatoms. The van der Waals surface area contributed by atoms with Gasteiger partial charge in [0.15, 0.2) is 18.1 Å². The number of anilines is 1. The molecule has 2 aliphatic heterocycles. The van der Waals surface area contributed by atoms with Crippen LogP contribution in [-0.2, 0) is 14.4 Å². The first-order valence-corrected chi connectivity index (χ1v) is 13.3. The number of hydrogen-bond acceptors (Lipinski definition) is 7. The average molecular weight is 558 g/mol. The van der Waals surface area contributed by atoms with Crippen LogP contribution in [0.2, 0.25) is 5.02 Å². The fourth-order valence-electron chi connectivity index (χ4n) is 4.07. The number of nitrogens with zero attached hydrogens (tertiary/aromatic N) is 2. The van der Waals surface area contributed by atoms with Gasteiger partial charge in [-0.2, -0.15) is 0 Å². The number of halogens is 1. The Kier molecular flexibility index (Phi) is 8.96. The van der Waals surface area contributed by atoms with E-state index < -0.39 is 11.1 Å². The summed E-state index contributed by atoms with van der Waals surface area (Å²) in [5.41, 5.74) is 2.06. The Morgan fingerprint density at radius 2 is 1.84 bits per heavy atom. The lowest BCUT2D eigenvalue weighted by Gasteiger charge is -2.27. The van der Waals surface area contributed by atoms with Crippen LogP contribution in [0.15, 0.2) is 41.3 Å². The fourth-order valence-corrected chi connectivity index (χ4v) is 5.09. The van der Waals surface area contributed by atoms with Crippen LogP contribution in [0.25, 0.3) is 6.08 Å². The number of benzene rings is 2. The summed E-state index contributed by atoms with van der Waals surface area (Å²) < 4.78 is 11.0. The van der Waals surface area contributed by atoms with E-state index in [0.717, 1.165) is 41.5 Å². The minimum atomic E-state index is -0.502. The topological polar surface area (TPSA) is 105 Å². The maximum Gasteiger partial charge on any atom is 0.294 e. The molecule has 9 nitrogen and oxygen atoms in total. The molecule has 38 heavy (non-hydrogen) atoms. The minimum absolute atomic E-state index is 0.216. The number of hydrogen-bond donors (Lipinski definition) is 1. The molecule has 4 rings (SSSR count). The number of carbonyl (C=O) groups is 4. The van der Waals surface area contributed by atoms with Crippen molar-refractivity contribution in [1.29, 1.82) is 0 Å². The molecule has 0 spiro atoms. The lowest BCUT2D eigenvalue weighted by Crippen LogP contribution is -2.44. The van der Waals surface area contributed by atoms with Crippen molar-refractivity contribution in [2.75, 3.05) is 38.7 Å². The number of thioether (sulfide) groups is 1. The smallest absolute Gasteiger partial charge is 0.294 e. The zero-order chi connectivity index (χ0) is 27.2. The molecule has 0 saturated carbocycles. The number of amides is 4. The van der Waals surface area contributed by atoms with E-state index in [2.05, 4.69) is 5.32 Å². The molecule has 0 atom stereocenters. The SMILES string of the molecule is COc1cc(/C=C2\SC(=O)N(CC(=O)N3CCCCC3)C2=O)ccc1OCC(=O)Nc1ccc(C)c(Cl)c1. The molecule has 0 aromatic heterocycles. The Morgan fingerprint density at radius 1 is 1.08 bits per heavy atom. The highest BCUT2D eigenvalue weighted by molar-refractivity contribution is 8.18. The van der Waals surface area contributed by atoms with Crippen LogP contribution in [0, 0.1) is 6.92 Å². The molecule has 200 valence electrons. The van der Waals surface area contributed by atoms with E-state index in [1.165, 1.54) is 7.11 Å². The number of methoxy groups -OCH3 is 1. The van der Waals surface area contributed by atoms with Crippen LogP contribution >= 0.6 is 23.4 Å². The molecule has 2 aromatic rings. The highest BCUT2D eigenvalue weighted by atomic mass is 35.5. The number of likely N-dealkylation sites (tertiary alicyclic amines) is 1. The van der Waals surface area contributed by atoms with Crippen molar-refractivity contribution in [3.05, 3.63) is 57.5 Å². The fraction of sp³-hybridized carbons (Fsp3) is 0.333. The third-order valence-electron chi connectivity index (χ3n) is 6.18. The molecule has 4 amide bonds. The summed E-state index contributed by atoms with van der Waals surface area (Å²) in [6.07, 6.45) is 4.51. The lowest BCUT2D eigenvalue weighted by molar-refractivity contribution is -0.136. The van der Waals surface area contributed by atoms with E-state index in [4.69, 9.17) is 21.1 Å². The lowest BCUT2D eigenvalue weighted by atomic mass is 10.1. The van der Waals surface area contributed by atoms with Crippen LogP contribution < -0.4 is 14.8 Å². The Bertz CT molecular complexity index is 1290. The predicted octanol–water partition coefficient (Wildman–Crippen LogP) is 4.72. The first-order valence-electron chi connectivity index (χ1n) is 12.1. The van der Waals surface area contributed by atoms with Gasteiger partial charge in [-0.15, -0.1) is 0 Å². The van der Waals surface area contributed by atoms with E-state index in [1.807, 2.05) is 13.0 Å². The van der Waals surface area contributed by atoms with Crippen LogP contribution in [0.3, 0.4) is 0 Å². The first kappa shape index (κ1) is 27.5. The summed E-state index contributed by atoms with van der Waals surface area (Å²) >= 11 is 6.89. The van der Waals surface area contributed by atoms with Crippen LogP contribution in [0.4, 0.5) is 10.5 Å². The molecule has 0 unspecified atom stereocenters. The first-order chi connectivity index (χ1) is 18.2. The quantitative estimate of drug-likeness (QED) is 0.468. The largest absolute Gasteiger partial charge is 0.493 e. The standard InChI is InChI=1S/C27H28ClN3O6S/c1-17-6-8-19(14-20(17)28)29-24(32)16-37-21-9-7-18(12-22(21)36-2)13-23-26(34)31(27(35)38-23)15-25(33)30-10-4-3-5-11-30/h6-9,12-14H,3-5,10-11,15-16H2,1-2H3,(H,29,32)/b23-13-. The van der Waals surface area contributed by atoms with Crippen LogP contribution in [-0.4, -0.2) is 66.1 Å². The van der Waals surface area contributed by atoms with Gasteiger partial charge in [0.1, 0.15) is 6.54 Å². The van der Waals surface area contributed by atoms with Gasteiger partial charge >= 0.3 is 0 Å². The van der Waals surface area contributed by atoms with Gasteiger partial charge in [-0.05, 0) is 79.4 Å². The number of imide groups is 1. The van der Waals surface area contributed by atoms with Crippen molar-refractivity contribution >= 4 is 58.1 Å².